The zero-order chi connectivity index (χ0) is 5.11. The van der Waals surface area contributed by atoms with Crippen LogP contribution in [-0.2, 0) is 0 Å². The largest absolute Gasteiger partial charge is 0.371 e. The molecule has 0 bridgehead atoms. The molecular formula is C4H5NSSi. The zero-order valence-corrected chi connectivity index (χ0v) is 5.60. The molecule has 1 aromatic rings. The van der Waals surface area contributed by atoms with Gasteiger partial charge >= 0.3 is 0 Å². The van der Waals surface area contributed by atoms with E-state index in [0.29, 0.717) is 8.83 Å². The molecule has 0 aliphatic carbocycles. The number of hydrogen-bond donors (Lipinski definition) is 1. The van der Waals surface area contributed by atoms with Gasteiger partial charge in [-0.05, 0) is 24.5 Å². The van der Waals surface area contributed by atoms with Gasteiger partial charge in [-0.15, -0.1) is 0 Å². The highest BCUT2D eigenvalue weighted by atomic mass is 32.3. The summed E-state index contributed by atoms with van der Waals surface area (Å²) in [6, 6.07) is 3.98. The van der Waals surface area contributed by atoms with E-state index in [9.17, 15) is 0 Å². The Kier molecular flexibility index (Phi) is 1.59. The number of nitrogens with zero attached hydrogens (tertiary/aromatic N) is 1. The number of aromatic nitrogens is 1. The van der Waals surface area contributed by atoms with Gasteiger partial charge in [0.05, 0.1) is 0 Å². The van der Waals surface area contributed by atoms with Crippen LogP contribution in [0.2, 0.25) is 0 Å². The lowest BCUT2D eigenvalue weighted by Crippen LogP contribution is -1.92. The van der Waals surface area contributed by atoms with E-state index in [4.69, 9.17) is 0 Å². The van der Waals surface area contributed by atoms with E-state index in [-0.39, 0.29) is 0 Å². The third-order valence-corrected chi connectivity index (χ3v) is 1.94. The van der Waals surface area contributed by atoms with Crippen LogP contribution in [0.1, 0.15) is 0 Å². The fourth-order valence-electron chi connectivity index (χ4n) is 0.401. The van der Waals surface area contributed by atoms with Gasteiger partial charge in [0, 0.05) is 0 Å². The highest BCUT2D eigenvalue weighted by Crippen LogP contribution is 1.85. The van der Waals surface area contributed by atoms with Gasteiger partial charge in [0.1, 0.15) is 0 Å². The summed E-state index contributed by atoms with van der Waals surface area (Å²) in [5.74, 6) is 0. The minimum Gasteiger partial charge on any atom is -0.371 e. The maximum Gasteiger partial charge on any atom is 0.265 e. The van der Waals surface area contributed by atoms with Crippen molar-refractivity contribution in [1.82, 2.24) is 4.23 Å². The monoisotopic (exact) mass is 127 g/mol. The molecule has 0 atom stereocenters. The first-order valence-corrected chi connectivity index (χ1v) is 4.20. The van der Waals surface area contributed by atoms with Crippen LogP contribution in [0, 0.1) is 0 Å². The Balaban J connectivity index is 2.76. The second kappa shape index (κ2) is 2.23. The third kappa shape index (κ3) is 1.11. The molecule has 3 heteroatoms. The normalized spacial score (nSPS) is 9.29. The van der Waals surface area contributed by atoms with Gasteiger partial charge in [0.25, 0.3) is 8.83 Å². The predicted molar refractivity (Wildman–Crippen MR) is 34.6 cm³/mol. The van der Waals surface area contributed by atoms with Crippen LogP contribution >= 0.6 is 12.1 Å². The minimum absolute atomic E-state index is 0.566. The topological polar surface area (TPSA) is 4.93 Å². The summed E-state index contributed by atoms with van der Waals surface area (Å²) in [5, 5.41) is 0. The summed E-state index contributed by atoms with van der Waals surface area (Å²) in [7, 11) is 0.566. The van der Waals surface area contributed by atoms with Crippen molar-refractivity contribution in [2.24, 2.45) is 0 Å². The summed E-state index contributed by atoms with van der Waals surface area (Å²) in [6.45, 7) is 0. The van der Waals surface area contributed by atoms with Gasteiger partial charge in [0.2, 0.25) is 0 Å². The van der Waals surface area contributed by atoms with Crippen LogP contribution in [0.5, 0.6) is 0 Å². The van der Waals surface area contributed by atoms with Crippen LogP contribution in [-0.4, -0.2) is 13.1 Å². The lowest BCUT2D eigenvalue weighted by Gasteiger charge is -1.86. The predicted octanol–water partition coefficient (Wildman–Crippen LogP) is 0.800. The molecule has 0 fully saturated rings. The molecule has 0 aliphatic heterocycles. The van der Waals surface area contributed by atoms with E-state index in [1.54, 1.807) is 0 Å². The number of hydrogen-bond acceptors (Lipinski definition) is 1. The molecular weight excluding hydrogens is 122 g/mol. The molecule has 0 N–H and O–H groups in total. The smallest absolute Gasteiger partial charge is 0.265 e. The Labute approximate surface area is 50.3 Å². The summed E-state index contributed by atoms with van der Waals surface area (Å²) >= 11 is 4.07. The van der Waals surface area contributed by atoms with E-state index in [0.717, 1.165) is 0 Å². The van der Waals surface area contributed by atoms with Crippen LogP contribution in [0.25, 0.3) is 0 Å². The van der Waals surface area contributed by atoms with Crippen LogP contribution in [0.3, 0.4) is 0 Å². The van der Waals surface area contributed by atoms with Crippen molar-refractivity contribution < 1.29 is 0 Å². The molecule has 2 radical (unpaired) electrons. The van der Waals surface area contributed by atoms with E-state index in [1.807, 2.05) is 28.8 Å². The Hall–Kier alpha value is -0.153. The maximum atomic E-state index is 4.07. The summed E-state index contributed by atoms with van der Waals surface area (Å²) in [4.78, 5) is 0. The van der Waals surface area contributed by atoms with Crippen LogP contribution < -0.4 is 0 Å². The van der Waals surface area contributed by atoms with Crippen molar-refractivity contribution in [3.8, 4) is 0 Å². The summed E-state index contributed by atoms with van der Waals surface area (Å²) in [6.07, 6.45) is 3.98. The average Bonchev–Trinajstić information content (AvgIpc) is 2.14. The number of thiol groups is 1. The highest BCUT2D eigenvalue weighted by molar-refractivity contribution is 8.06. The van der Waals surface area contributed by atoms with Crippen molar-refractivity contribution in [2.75, 3.05) is 0 Å². The van der Waals surface area contributed by atoms with Gasteiger partial charge in [0.15, 0.2) is 0 Å². The third-order valence-electron chi connectivity index (χ3n) is 0.720. The molecule has 1 nitrogen and oxygen atoms in total. The van der Waals surface area contributed by atoms with Crippen molar-refractivity contribution in [3.05, 3.63) is 24.5 Å². The quantitative estimate of drug-likeness (QED) is 0.420. The van der Waals surface area contributed by atoms with E-state index in [1.165, 1.54) is 0 Å². The lowest BCUT2D eigenvalue weighted by atomic mass is 10.7. The first kappa shape index (κ1) is 4.99. The fourth-order valence-corrected chi connectivity index (χ4v) is 1.11. The molecule has 36 valence electrons. The molecule has 7 heavy (non-hydrogen) atoms. The van der Waals surface area contributed by atoms with Crippen LogP contribution in [0.4, 0.5) is 0 Å². The van der Waals surface area contributed by atoms with Gasteiger partial charge in [-0.2, -0.15) is 12.1 Å². The molecule has 0 unspecified atom stereocenters. The van der Waals surface area contributed by atoms with E-state index < -0.39 is 0 Å². The standard InChI is InChI=1S/C4H5NSSi/c6-7-5-3-1-2-4-5/h1-4,6H. The van der Waals surface area contributed by atoms with Gasteiger partial charge in [-0.3, -0.25) is 0 Å². The summed E-state index contributed by atoms with van der Waals surface area (Å²) in [5.41, 5.74) is 0. The van der Waals surface area contributed by atoms with E-state index >= 15 is 0 Å². The minimum atomic E-state index is 0.566. The molecule has 1 aromatic heterocycles. The Morgan fingerprint density at radius 1 is 1.29 bits per heavy atom. The van der Waals surface area contributed by atoms with Crippen LogP contribution in [0.15, 0.2) is 24.5 Å². The van der Waals surface area contributed by atoms with Gasteiger partial charge in [-0.25, -0.2) is 0 Å². The SMILES string of the molecule is S[Si]n1cccc1. The molecule has 0 saturated heterocycles. The highest BCUT2D eigenvalue weighted by Gasteiger charge is 1.79. The summed E-state index contributed by atoms with van der Waals surface area (Å²) < 4.78 is 2.02. The fraction of sp³-hybridized carbons (Fsp3) is 0. The Morgan fingerprint density at radius 3 is 2.14 bits per heavy atom. The van der Waals surface area contributed by atoms with Crippen molar-refractivity contribution in [3.63, 3.8) is 0 Å². The molecule has 0 spiro atoms. The van der Waals surface area contributed by atoms with Crippen molar-refractivity contribution in [2.45, 2.75) is 0 Å². The average molecular weight is 127 g/mol. The first-order chi connectivity index (χ1) is 3.43. The Bertz CT molecular complexity index is 126. The molecule has 0 saturated carbocycles. The second-order valence-electron chi connectivity index (χ2n) is 1.19. The zero-order valence-electron chi connectivity index (χ0n) is 3.70. The second-order valence-corrected chi connectivity index (χ2v) is 2.51. The molecule has 0 aromatic carbocycles. The molecule has 1 rings (SSSR count). The van der Waals surface area contributed by atoms with Gasteiger partial charge in [-0.1, -0.05) is 0 Å². The van der Waals surface area contributed by atoms with Crippen molar-refractivity contribution >= 4 is 20.9 Å². The van der Waals surface area contributed by atoms with E-state index in [2.05, 4.69) is 12.1 Å². The lowest BCUT2D eigenvalue weighted by molar-refractivity contribution is 1.26. The molecule has 0 amide bonds. The number of rotatable bonds is 1. The molecule has 0 aliphatic rings. The van der Waals surface area contributed by atoms with Gasteiger partial charge < -0.3 is 4.23 Å². The molecule has 1 heterocycles. The maximum absolute atomic E-state index is 4.07. The first-order valence-electron chi connectivity index (χ1n) is 1.96. The van der Waals surface area contributed by atoms with Crippen molar-refractivity contribution in [1.29, 1.82) is 0 Å². The Morgan fingerprint density at radius 2 is 1.86 bits per heavy atom.